The Hall–Kier alpha value is -2.97. The van der Waals surface area contributed by atoms with Crippen LogP contribution in [0.4, 0.5) is 5.69 Å². The van der Waals surface area contributed by atoms with Gasteiger partial charge in [0.15, 0.2) is 5.17 Å². The monoisotopic (exact) mass is 386 g/mol. The van der Waals surface area contributed by atoms with E-state index in [9.17, 15) is 14.9 Å². The number of amides is 1. The first-order chi connectivity index (χ1) is 12.5. The summed E-state index contributed by atoms with van der Waals surface area (Å²) in [6, 6.07) is 13.7. The van der Waals surface area contributed by atoms with E-state index in [1.54, 1.807) is 12.3 Å². The first-order valence-electron chi connectivity index (χ1n) is 7.34. The molecule has 1 amide bonds. The summed E-state index contributed by atoms with van der Waals surface area (Å²) in [6.45, 7) is 0. The second-order valence-electron chi connectivity index (χ2n) is 5.09. The van der Waals surface area contributed by atoms with Crippen molar-refractivity contribution in [1.29, 1.82) is 0 Å². The predicted molar refractivity (Wildman–Crippen MR) is 103 cm³/mol. The van der Waals surface area contributed by atoms with Gasteiger partial charge in [-0.25, -0.2) is 0 Å². The average molecular weight is 387 g/mol. The van der Waals surface area contributed by atoms with Crippen LogP contribution >= 0.6 is 23.4 Å². The number of nitro groups is 1. The molecule has 7 nitrogen and oxygen atoms in total. The van der Waals surface area contributed by atoms with Gasteiger partial charge in [-0.3, -0.25) is 20.2 Å². The van der Waals surface area contributed by atoms with Gasteiger partial charge in [-0.1, -0.05) is 48.0 Å². The van der Waals surface area contributed by atoms with Crippen molar-refractivity contribution in [2.24, 2.45) is 10.2 Å². The third-order valence-electron chi connectivity index (χ3n) is 3.27. The second-order valence-corrected chi connectivity index (χ2v) is 6.53. The Morgan fingerprint density at radius 2 is 1.92 bits per heavy atom. The Morgan fingerprint density at radius 3 is 2.65 bits per heavy atom. The van der Waals surface area contributed by atoms with Crippen molar-refractivity contribution >= 4 is 52.4 Å². The first kappa shape index (κ1) is 17.8. The van der Waals surface area contributed by atoms with Gasteiger partial charge in [0.2, 0.25) is 0 Å². The van der Waals surface area contributed by atoms with E-state index in [2.05, 4.69) is 15.5 Å². The minimum atomic E-state index is -0.572. The van der Waals surface area contributed by atoms with Gasteiger partial charge in [-0.2, -0.15) is 5.10 Å². The fourth-order valence-electron chi connectivity index (χ4n) is 2.07. The van der Waals surface area contributed by atoms with Crippen molar-refractivity contribution in [3.8, 4) is 0 Å². The lowest BCUT2D eigenvalue weighted by Crippen LogP contribution is -2.19. The Morgan fingerprint density at radius 1 is 1.15 bits per heavy atom. The lowest BCUT2D eigenvalue weighted by Gasteiger charge is -1.98. The largest absolute Gasteiger partial charge is 0.299 e. The summed E-state index contributed by atoms with van der Waals surface area (Å²) in [5, 5.41) is 21.8. The maximum Gasteiger partial charge on any atom is 0.288 e. The van der Waals surface area contributed by atoms with Gasteiger partial charge in [-0.15, -0.1) is 5.10 Å². The van der Waals surface area contributed by atoms with Crippen molar-refractivity contribution in [2.75, 3.05) is 0 Å². The fraction of sp³-hybridized carbons (Fsp3) is 0. The number of halogens is 1. The van der Waals surface area contributed by atoms with Crippen LogP contribution in [0.2, 0.25) is 5.02 Å². The SMILES string of the molecule is O=C1N/C(=N\N=Cc2ccccc2)SC1=Cc1ccc(Cl)c([N+](=O)[O-])c1. The molecule has 0 saturated carbocycles. The van der Waals surface area contributed by atoms with Gasteiger partial charge < -0.3 is 0 Å². The van der Waals surface area contributed by atoms with Gasteiger partial charge in [0.1, 0.15) is 5.02 Å². The van der Waals surface area contributed by atoms with Crippen LogP contribution in [-0.4, -0.2) is 22.2 Å². The first-order valence-corrected chi connectivity index (χ1v) is 8.53. The molecule has 2 aromatic rings. The standard InChI is InChI=1S/C17H11ClN4O3S/c18-13-7-6-12(8-14(13)22(24)25)9-15-16(23)20-17(26-15)21-19-10-11-4-2-1-3-5-11/h1-10H,(H,20,21,23). The number of nitrogens with one attached hydrogen (secondary N) is 1. The number of thioether (sulfide) groups is 1. The molecule has 130 valence electrons. The van der Waals surface area contributed by atoms with Crippen LogP contribution in [0.5, 0.6) is 0 Å². The molecule has 0 bridgehead atoms. The molecule has 1 saturated heterocycles. The number of benzene rings is 2. The number of amidine groups is 1. The molecule has 1 aliphatic rings. The highest BCUT2D eigenvalue weighted by molar-refractivity contribution is 8.18. The van der Waals surface area contributed by atoms with Crippen LogP contribution in [0.1, 0.15) is 11.1 Å². The lowest BCUT2D eigenvalue weighted by atomic mass is 10.2. The molecular weight excluding hydrogens is 376 g/mol. The van der Waals surface area contributed by atoms with Crippen LogP contribution in [0.25, 0.3) is 6.08 Å². The van der Waals surface area contributed by atoms with Crippen LogP contribution in [-0.2, 0) is 4.79 Å². The van der Waals surface area contributed by atoms with E-state index in [-0.39, 0.29) is 16.6 Å². The Balaban J connectivity index is 1.76. The Kier molecular flexibility index (Phi) is 5.45. The predicted octanol–water partition coefficient (Wildman–Crippen LogP) is 3.84. The third kappa shape index (κ3) is 4.35. The lowest BCUT2D eigenvalue weighted by molar-refractivity contribution is -0.384. The maximum atomic E-state index is 12.0. The van der Waals surface area contributed by atoms with Gasteiger partial charge in [-0.05, 0) is 35.0 Å². The quantitative estimate of drug-likeness (QED) is 0.373. The molecule has 0 radical (unpaired) electrons. The molecule has 0 atom stereocenters. The summed E-state index contributed by atoms with van der Waals surface area (Å²) in [7, 11) is 0. The van der Waals surface area contributed by atoms with E-state index in [4.69, 9.17) is 11.6 Å². The summed E-state index contributed by atoms with van der Waals surface area (Å²) >= 11 is 6.89. The minimum Gasteiger partial charge on any atom is -0.299 e. The van der Waals surface area contributed by atoms with Crippen LogP contribution < -0.4 is 5.32 Å². The van der Waals surface area contributed by atoms with Crippen molar-refractivity contribution in [1.82, 2.24) is 5.32 Å². The number of carbonyl (C=O) groups excluding carboxylic acids is 1. The molecule has 1 aliphatic heterocycles. The molecule has 9 heteroatoms. The number of hydrogen-bond acceptors (Lipinski definition) is 6. The van der Waals surface area contributed by atoms with Gasteiger partial charge >= 0.3 is 0 Å². The number of carbonyl (C=O) groups is 1. The van der Waals surface area contributed by atoms with E-state index < -0.39 is 4.92 Å². The van der Waals surface area contributed by atoms with Gasteiger partial charge in [0.05, 0.1) is 16.0 Å². The highest BCUT2D eigenvalue weighted by Crippen LogP contribution is 2.29. The minimum absolute atomic E-state index is 0.0400. The van der Waals surface area contributed by atoms with Crippen molar-refractivity contribution in [3.05, 3.63) is 79.7 Å². The number of rotatable bonds is 4. The van der Waals surface area contributed by atoms with E-state index >= 15 is 0 Å². The van der Waals surface area contributed by atoms with Crippen LogP contribution in [0.15, 0.2) is 63.6 Å². The molecule has 2 aromatic carbocycles. The van der Waals surface area contributed by atoms with E-state index in [0.29, 0.717) is 15.6 Å². The van der Waals surface area contributed by atoms with Crippen molar-refractivity contribution in [2.45, 2.75) is 0 Å². The zero-order valence-electron chi connectivity index (χ0n) is 13.1. The zero-order chi connectivity index (χ0) is 18.5. The van der Waals surface area contributed by atoms with Crippen molar-refractivity contribution < 1.29 is 9.72 Å². The molecule has 0 aromatic heterocycles. The molecule has 0 aliphatic carbocycles. The number of nitro benzene ring substituents is 1. The highest BCUT2D eigenvalue weighted by atomic mass is 35.5. The number of hydrogen-bond donors (Lipinski definition) is 1. The van der Waals surface area contributed by atoms with Crippen LogP contribution in [0, 0.1) is 10.1 Å². The molecule has 0 spiro atoms. The molecule has 1 fully saturated rings. The highest BCUT2D eigenvalue weighted by Gasteiger charge is 2.24. The van der Waals surface area contributed by atoms with Gasteiger partial charge in [0, 0.05) is 6.07 Å². The summed E-state index contributed by atoms with van der Waals surface area (Å²) < 4.78 is 0. The Bertz CT molecular complexity index is 958. The second kappa shape index (κ2) is 7.94. The summed E-state index contributed by atoms with van der Waals surface area (Å²) in [5.74, 6) is -0.346. The molecule has 1 heterocycles. The molecule has 0 unspecified atom stereocenters. The summed E-state index contributed by atoms with van der Waals surface area (Å²) in [5.41, 5.74) is 1.16. The maximum absolute atomic E-state index is 12.0. The summed E-state index contributed by atoms with van der Waals surface area (Å²) in [4.78, 5) is 22.7. The van der Waals surface area contributed by atoms with E-state index in [0.717, 1.165) is 17.3 Å². The zero-order valence-corrected chi connectivity index (χ0v) is 14.7. The molecular formula is C17H11ClN4O3S. The molecule has 1 N–H and O–H groups in total. The third-order valence-corrected chi connectivity index (χ3v) is 4.49. The smallest absolute Gasteiger partial charge is 0.288 e. The average Bonchev–Trinajstić information content (AvgIpc) is 2.97. The van der Waals surface area contributed by atoms with E-state index in [1.807, 2.05) is 30.3 Å². The van der Waals surface area contributed by atoms with Gasteiger partial charge in [0.25, 0.3) is 11.6 Å². The van der Waals surface area contributed by atoms with Crippen molar-refractivity contribution in [3.63, 3.8) is 0 Å². The fourth-order valence-corrected chi connectivity index (χ4v) is 3.04. The van der Waals surface area contributed by atoms with Crippen LogP contribution in [0.3, 0.4) is 0 Å². The molecule has 26 heavy (non-hydrogen) atoms. The molecule has 3 rings (SSSR count). The number of nitrogens with zero attached hydrogens (tertiary/aromatic N) is 3. The Labute approximate surface area is 157 Å². The van der Waals surface area contributed by atoms with E-state index in [1.165, 1.54) is 18.2 Å². The summed E-state index contributed by atoms with van der Waals surface area (Å²) in [6.07, 6.45) is 3.11. The topological polar surface area (TPSA) is 97.0 Å². The normalized spacial score (nSPS) is 17.2.